The van der Waals surface area contributed by atoms with Crippen LogP contribution in [0.5, 0.6) is 11.5 Å². The SMILES string of the molecule is Cc1ccc([P+](c2ccc(C)cc2)(c2ccc(C)cc2)c2cc(O)ccc2[O-])cc1. The van der Waals surface area contributed by atoms with Gasteiger partial charge in [0.15, 0.2) is 0 Å². The number of benzene rings is 4. The van der Waals surface area contributed by atoms with Gasteiger partial charge in [-0.2, -0.15) is 0 Å². The third kappa shape index (κ3) is 3.49. The summed E-state index contributed by atoms with van der Waals surface area (Å²) in [7, 11) is -2.50. The molecule has 0 unspecified atom stereocenters. The molecule has 0 bridgehead atoms. The predicted molar refractivity (Wildman–Crippen MR) is 127 cm³/mol. The Kier molecular flexibility index (Phi) is 5.37. The topological polar surface area (TPSA) is 43.3 Å². The zero-order chi connectivity index (χ0) is 21.3. The first kappa shape index (κ1) is 20.2. The quantitative estimate of drug-likeness (QED) is 0.515. The summed E-state index contributed by atoms with van der Waals surface area (Å²) in [4.78, 5) is 0. The van der Waals surface area contributed by atoms with E-state index in [1.165, 1.54) is 28.8 Å². The van der Waals surface area contributed by atoms with E-state index in [1.807, 2.05) is 0 Å². The molecular weight excluding hydrogens is 387 g/mol. The van der Waals surface area contributed by atoms with Gasteiger partial charge < -0.3 is 10.2 Å². The summed E-state index contributed by atoms with van der Waals surface area (Å²) < 4.78 is 0. The summed E-state index contributed by atoms with van der Waals surface area (Å²) in [6, 6.07) is 30.0. The molecule has 2 nitrogen and oxygen atoms in total. The number of phenolic OH excluding ortho intramolecular Hbond substituents is 1. The Hall–Kier alpha value is -3.09. The highest BCUT2D eigenvalue weighted by molar-refractivity contribution is 8.01. The Morgan fingerprint density at radius 2 is 0.933 bits per heavy atom. The molecule has 3 heteroatoms. The average molecular weight is 412 g/mol. The van der Waals surface area contributed by atoms with Gasteiger partial charge in [-0.25, -0.2) is 0 Å². The molecule has 150 valence electrons. The molecule has 0 fully saturated rings. The lowest BCUT2D eigenvalue weighted by molar-refractivity contribution is -0.266. The summed E-state index contributed by atoms with van der Waals surface area (Å²) in [6.07, 6.45) is 0. The molecule has 0 atom stereocenters. The van der Waals surface area contributed by atoms with Crippen LogP contribution in [0.3, 0.4) is 0 Å². The normalized spacial score (nSPS) is 11.4. The maximum absolute atomic E-state index is 13.3. The molecular formula is C27H25O2P. The largest absolute Gasteiger partial charge is 0.870 e. The molecule has 0 aromatic heterocycles. The minimum atomic E-state index is -2.50. The second-order valence-corrected chi connectivity index (χ2v) is 11.2. The van der Waals surface area contributed by atoms with Crippen LogP contribution in [0.15, 0.2) is 91.0 Å². The highest BCUT2D eigenvalue weighted by atomic mass is 31.2. The van der Waals surface area contributed by atoms with Crippen molar-refractivity contribution < 1.29 is 10.2 Å². The van der Waals surface area contributed by atoms with Gasteiger partial charge in [-0.3, -0.25) is 0 Å². The van der Waals surface area contributed by atoms with Crippen molar-refractivity contribution >= 4 is 28.5 Å². The molecule has 30 heavy (non-hydrogen) atoms. The van der Waals surface area contributed by atoms with Crippen molar-refractivity contribution in [3.8, 4) is 11.5 Å². The highest BCUT2D eigenvalue weighted by Crippen LogP contribution is 2.56. The molecule has 0 saturated carbocycles. The molecule has 0 saturated heterocycles. The standard InChI is InChI=1S/C27H25O2P/c1-19-4-11-23(12-5-19)30(24-13-6-20(2)7-14-24,25-15-8-21(3)9-16-25)27-18-22(28)10-17-26(27)29/h4-18H,1-3H3,(H-,28,29). The summed E-state index contributed by atoms with van der Waals surface area (Å²) in [6.45, 7) is 6.19. The van der Waals surface area contributed by atoms with Gasteiger partial charge in [0.05, 0.1) is 0 Å². The zero-order valence-electron chi connectivity index (χ0n) is 17.5. The predicted octanol–water partition coefficient (Wildman–Crippen LogP) is 4.01. The summed E-state index contributed by atoms with van der Waals surface area (Å²) >= 11 is 0. The van der Waals surface area contributed by atoms with Crippen LogP contribution in [0.4, 0.5) is 0 Å². The van der Waals surface area contributed by atoms with Crippen LogP contribution < -0.4 is 26.3 Å². The fourth-order valence-corrected chi connectivity index (χ4v) is 8.19. The van der Waals surface area contributed by atoms with E-state index in [4.69, 9.17) is 0 Å². The van der Waals surface area contributed by atoms with Crippen molar-refractivity contribution in [2.75, 3.05) is 0 Å². The molecule has 1 N–H and O–H groups in total. The van der Waals surface area contributed by atoms with Gasteiger partial charge in [0.1, 0.15) is 34.2 Å². The molecule has 0 radical (unpaired) electrons. The summed E-state index contributed by atoms with van der Waals surface area (Å²) in [5.74, 6) is 0.0585. The van der Waals surface area contributed by atoms with Crippen LogP contribution in [0.1, 0.15) is 16.7 Å². The van der Waals surface area contributed by atoms with Gasteiger partial charge in [0, 0.05) is 6.07 Å². The summed E-state index contributed by atoms with van der Waals surface area (Å²) in [5.41, 5.74) is 3.51. The molecule has 0 amide bonds. The Labute approximate surface area is 178 Å². The number of hydrogen-bond donors (Lipinski definition) is 1. The van der Waals surface area contributed by atoms with E-state index in [1.54, 1.807) is 6.07 Å². The molecule has 0 spiro atoms. The first-order chi connectivity index (χ1) is 14.4. The van der Waals surface area contributed by atoms with Crippen molar-refractivity contribution in [1.82, 2.24) is 0 Å². The van der Waals surface area contributed by atoms with Crippen LogP contribution in [-0.2, 0) is 0 Å². The van der Waals surface area contributed by atoms with Crippen molar-refractivity contribution in [3.05, 3.63) is 108 Å². The fraction of sp³-hybridized carbons (Fsp3) is 0.111. The Balaban J connectivity index is 2.17. The number of phenols is 1. The van der Waals surface area contributed by atoms with Gasteiger partial charge in [-0.1, -0.05) is 64.9 Å². The second kappa shape index (κ2) is 7.97. The van der Waals surface area contributed by atoms with Crippen LogP contribution in [0, 0.1) is 20.8 Å². The lowest BCUT2D eigenvalue weighted by Gasteiger charge is -2.31. The van der Waals surface area contributed by atoms with Gasteiger partial charge in [-0.05, 0) is 63.2 Å². The first-order valence-corrected chi connectivity index (χ1v) is 11.8. The molecule has 4 aromatic carbocycles. The van der Waals surface area contributed by atoms with E-state index in [-0.39, 0.29) is 11.5 Å². The van der Waals surface area contributed by atoms with Crippen LogP contribution in [0.2, 0.25) is 0 Å². The van der Waals surface area contributed by atoms with Gasteiger partial charge in [0.2, 0.25) is 0 Å². The minimum Gasteiger partial charge on any atom is -0.870 e. The number of hydrogen-bond acceptors (Lipinski definition) is 2. The van der Waals surface area contributed by atoms with Gasteiger partial charge in [-0.15, -0.1) is 0 Å². The third-order valence-corrected chi connectivity index (χ3v) is 9.86. The maximum atomic E-state index is 13.3. The zero-order valence-corrected chi connectivity index (χ0v) is 18.4. The molecule has 0 heterocycles. The third-order valence-electron chi connectivity index (χ3n) is 5.57. The van der Waals surface area contributed by atoms with E-state index in [0.717, 1.165) is 15.9 Å². The Morgan fingerprint density at radius 3 is 1.30 bits per heavy atom. The number of rotatable bonds is 4. The van der Waals surface area contributed by atoms with E-state index >= 15 is 0 Å². The van der Waals surface area contributed by atoms with Crippen molar-refractivity contribution in [3.63, 3.8) is 0 Å². The fourth-order valence-electron chi connectivity index (χ4n) is 3.94. The molecule has 4 aromatic rings. The van der Waals surface area contributed by atoms with Crippen LogP contribution in [-0.4, -0.2) is 5.11 Å². The van der Waals surface area contributed by atoms with Gasteiger partial charge >= 0.3 is 0 Å². The van der Waals surface area contributed by atoms with E-state index in [9.17, 15) is 10.2 Å². The van der Waals surface area contributed by atoms with E-state index < -0.39 is 7.26 Å². The summed E-state index contributed by atoms with van der Waals surface area (Å²) in [5, 5.41) is 27.6. The van der Waals surface area contributed by atoms with Crippen molar-refractivity contribution in [1.29, 1.82) is 0 Å². The first-order valence-electron chi connectivity index (χ1n) is 10.0. The number of aromatic hydroxyl groups is 1. The maximum Gasteiger partial charge on any atom is 0.143 e. The second-order valence-electron chi connectivity index (χ2n) is 7.83. The van der Waals surface area contributed by atoms with Crippen molar-refractivity contribution in [2.45, 2.75) is 20.8 Å². The molecule has 0 aliphatic rings. The van der Waals surface area contributed by atoms with Crippen molar-refractivity contribution in [2.24, 2.45) is 0 Å². The van der Waals surface area contributed by atoms with E-state index in [0.29, 0.717) is 5.30 Å². The number of aryl methyl sites for hydroxylation is 3. The molecule has 0 aliphatic heterocycles. The average Bonchev–Trinajstić information content (AvgIpc) is 2.74. The van der Waals surface area contributed by atoms with Crippen LogP contribution >= 0.6 is 7.26 Å². The minimum absolute atomic E-state index is 0.0529. The molecule has 0 aliphatic carbocycles. The monoisotopic (exact) mass is 412 g/mol. The smallest absolute Gasteiger partial charge is 0.143 e. The Bertz CT molecular complexity index is 1050. The van der Waals surface area contributed by atoms with E-state index in [2.05, 4.69) is 93.6 Å². The van der Waals surface area contributed by atoms with Crippen LogP contribution in [0.25, 0.3) is 0 Å². The van der Waals surface area contributed by atoms with Gasteiger partial charge in [0.25, 0.3) is 0 Å². The lowest BCUT2D eigenvalue weighted by atomic mass is 10.2. The molecule has 4 rings (SSSR count). The highest BCUT2D eigenvalue weighted by Gasteiger charge is 2.48. The Morgan fingerprint density at radius 1 is 0.567 bits per heavy atom. The lowest BCUT2D eigenvalue weighted by Crippen LogP contribution is -2.39.